The van der Waals surface area contributed by atoms with Crippen LogP contribution in [0.3, 0.4) is 0 Å². The molecule has 1 heterocycles. The van der Waals surface area contributed by atoms with Gasteiger partial charge in [-0.3, -0.25) is 9.59 Å². The van der Waals surface area contributed by atoms with Crippen LogP contribution < -0.4 is 20.7 Å². The number of rotatable bonds is 3. The molecule has 1 aliphatic heterocycles. The summed E-state index contributed by atoms with van der Waals surface area (Å²) in [4.78, 5) is 25.4. The van der Waals surface area contributed by atoms with E-state index in [0.29, 0.717) is 11.4 Å². The zero-order valence-corrected chi connectivity index (χ0v) is 11.0. The molecule has 0 aromatic heterocycles. The fourth-order valence-electron chi connectivity index (χ4n) is 1.98. The molecule has 2 amide bonds. The smallest absolute Gasteiger partial charge is 0.274 e. The van der Waals surface area contributed by atoms with Gasteiger partial charge in [-0.1, -0.05) is 0 Å². The van der Waals surface area contributed by atoms with Crippen molar-refractivity contribution in [1.82, 2.24) is 0 Å². The first-order valence-corrected chi connectivity index (χ1v) is 6.13. The number of ether oxygens (including phenoxy) is 1. The van der Waals surface area contributed by atoms with E-state index in [0.717, 1.165) is 10.6 Å². The summed E-state index contributed by atoms with van der Waals surface area (Å²) in [5, 5.41) is 2.97. The second kappa shape index (κ2) is 5.27. The van der Waals surface area contributed by atoms with Crippen molar-refractivity contribution in [3.05, 3.63) is 18.2 Å². The zero-order valence-electron chi connectivity index (χ0n) is 11.0. The van der Waals surface area contributed by atoms with Crippen LogP contribution in [0.15, 0.2) is 18.2 Å². The van der Waals surface area contributed by atoms with Crippen LogP contribution in [-0.4, -0.2) is 31.5 Å². The van der Waals surface area contributed by atoms with Crippen LogP contribution in [0, 0.1) is 0 Å². The highest BCUT2D eigenvalue weighted by molar-refractivity contribution is 6.18. The van der Waals surface area contributed by atoms with Crippen LogP contribution in [0.4, 0.5) is 11.4 Å². The Morgan fingerprint density at radius 2 is 2.26 bits per heavy atom. The minimum atomic E-state index is -0.672. The molecule has 6 nitrogen and oxygen atoms in total. The Hall–Kier alpha value is -2.08. The number of nitrogens with one attached hydrogen (secondary N) is 1. The monoisotopic (exact) mass is 263 g/mol. The first kappa shape index (κ1) is 13.4. The largest absolute Gasteiger partial charge is 0.479 e. The Bertz CT molecular complexity index is 516. The molecule has 0 bridgehead atoms. The summed E-state index contributed by atoms with van der Waals surface area (Å²) in [6.45, 7) is 1.83. The lowest BCUT2D eigenvalue weighted by Crippen LogP contribution is -2.48. The highest BCUT2D eigenvalue weighted by Crippen LogP contribution is 2.36. The fourth-order valence-corrected chi connectivity index (χ4v) is 1.98. The van der Waals surface area contributed by atoms with Gasteiger partial charge in [0, 0.05) is 25.7 Å². The summed E-state index contributed by atoms with van der Waals surface area (Å²) in [5.41, 5.74) is 6.66. The maximum Gasteiger partial charge on any atom is 0.274 e. The number of nitrogens with two attached hydrogens (primary N) is 1. The van der Waals surface area contributed by atoms with Crippen LogP contribution in [0.25, 0.3) is 0 Å². The topological polar surface area (TPSA) is 84.7 Å². The van der Waals surface area contributed by atoms with E-state index in [2.05, 4.69) is 5.32 Å². The van der Waals surface area contributed by atoms with E-state index in [9.17, 15) is 9.59 Å². The summed E-state index contributed by atoms with van der Waals surface area (Å²) in [6, 6.07) is 5.29. The van der Waals surface area contributed by atoms with Crippen molar-refractivity contribution in [3.8, 4) is 5.75 Å². The summed E-state index contributed by atoms with van der Waals surface area (Å²) >= 11 is 0. The second-order valence-corrected chi connectivity index (χ2v) is 4.30. The van der Waals surface area contributed by atoms with Crippen LogP contribution in [-0.2, 0) is 9.59 Å². The number of fused-ring (bicyclic) bond motifs is 1. The molecular weight excluding hydrogens is 246 g/mol. The number of hydrogen-bond acceptors (Lipinski definition) is 5. The average Bonchev–Trinajstić information content (AvgIpc) is 2.40. The first-order valence-electron chi connectivity index (χ1n) is 6.13. The SMILES string of the molecule is CNc1ccc2c(c1)N(C(=O)CCN)C(=O)C(C)O2. The van der Waals surface area contributed by atoms with Gasteiger partial charge in [0.1, 0.15) is 5.75 Å². The molecular formula is C13H17N3O3. The quantitative estimate of drug-likeness (QED) is 0.839. The molecule has 3 N–H and O–H groups in total. The lowest BCUT2D eigenvalue weighted by molar-refractivity contribution is -0.131. The predicted octanol–water partition coefficient (Wildman–Crippen LogP) is 0.718. The number of carbonyl (C=O) groups is 2. The molecule has 1 aliphatic rings. The molecule has 0 saturated carbocycles. The lowest BCUT2D eigenvalue weighted by atomic mass is 10.1. The van der Waals surface area contributed by atoms with Gasteiger partial charge in [-0.15, -0.1) is 0 Å². The van der Waals surface area contributed by atoms with Crippen molar-refractivity contribution < 1.29 is 14.3 Å². The van der Waals surface area contributed by atoms with E-state index in [-0.39, 0.29) is 24.8 Å². The summed E-state index contributed by atoms with van der Waals surface area (Å²) in [7, 11) is 1.77. The van der Waals surface area contributed by atoms with Crippen molar-refractivity contribution in [3.63, 3.8) is 0 Å². The predicted molar refractivity (Wildman–Crippen MR) is 72.2 cm³/mol. The third-order valence-corrected chi connectivity index (χ3v) is 2.97. The van der Waals surface area contributed by atoms with E-state index in [4.69, 9.17) is 10.5 Å². The Morgan fingerprint density at radius 1 is 1.53 bits per heavy atom. The van der Waals surface area contributed by atoms with Crippen molar-refractivity contribution in [2.45, 2.75) is 19.4 Å². The van der Waals surface area contributed by atoms with E-state index in [1.54, 1.807) is 26.1 Å². The van der Waals surface area contributed by atoms with Gasteiger partial charge in [0.2, 0.25) is 5.91 Å². The third-order valence-electron chi connectivity index (χ3n) is 2.97. The molecule has 0 spiro atoms. The highest BCUT2D eigenvalue weighted by atomic mass is 16.5. The van der Waals surface area contributed by atoms with Crippen molar-refractivity contribution in [1.29, 1.82) is 0 Å². The van der Waals surface area contributed by atoms with Gasteiger partial charge in [-0.2, -0.15) is 0 Å². The molecule has 1 aromatic carbocycles. The third kappa shape index (κ3) is 2.39. The van der Waals surface area contributed by atoms with E-state index in [1.165, 1.54) is 0 Å². The number of amides is 2. The van der Waals surface area contributed by atoms with Crippen LogP contribution in [0.1, 0.15) is 13.3 Å². The zero-order chi connectivity index (χ0) is 14.0. The number of carbonyl (C=O) groups excluding carboxylic acids is 2. The van der Waals surface area contributed by atoms with Gasteiger partial charge < -0.3 is 15.8 Å². The summed E-state index contributed by atoms with van der Waals surface area (Å²) < 4.78 is 5.50. The Labute approximate surface area is 111 Å². The molecule has 1 aromatic rings. The average molecular weight is 263 g/mol. The van der Waals surface area contributed by atoms with Gasteiger partial charge >= 0.3 is 0 Å². The highest BCUT2D eigenvalue weighted by Gasteiger charge is 2.35. The van der Waals surface area contributed by atoms with E-state index in [1.807, 2.05) is 6.07 Å². The van der Waals surface area contributed by atoms with E-state index < -0.39 is 6.10 Å². The van der Waals surface area contributed by atoms with E-state index >= 15 is 0 Å². The van der Waals surface area contributed by atoms with Crippen LogP contribution >= 0.6 is 0 Å². The number of benzene rings is 1. The Balaban J connectivity index is 2.47. The molecule has 2 rings (SSSR count). The molecule has 19 heavy (non-hydrogen) atoms. The van der Waals surface area contributed by atoms with Gasteiger partial charge in [0.15, 0.2) is 6.10 Å². The van der Waals surface area contributed by atoms with Gasteiger partial charge in [0.05, 0.1) is 5.69 Å². The van der Waals surface area contributed by atoms with Crippen LogP contribution in [0.2, 0.25) is 0 Å². The number of nitrogens with zero attached hydrogens (tertiary/aromatic N) is 1. The van der Waals surface area contributed by atoms with Crippen molar-refractivity contribution in [2.24, 2.45) is 5.73 Å². The van der Waals surface area contributed by atoms with Gasteiger partial charge in [-0.05, 0) is 25.1 Å². The molecule has 0 radical (unpaired) electrons. The number of imide groups is 1. The molecule has 1 atom stereocenters. The molecule has 0 aliphatic carbocycles. The number of anilines is 2. The van der Waals surface area contributed by atoms with Crippen LogP contribution in [0.5, 0.6) is 5.75 Å². The summed E-state index contributed by atoms with van der Waals surface area (Å²) in [5.74, 6) is -0.146. The van der Waals surface area contributed by atoms with Gasteiger partial charge in [-0.25, -0.2) is 4.90 Å². The second-order valence-electron chi connectivity index (χ2n) is 4.30. The maximum atomic E-state index is 12.1. The van der Waals surface area contributed by atoms with Crippen molar-refractivity contribution in [2.75, 3.05) is 23.8 Å². The minimum Gasteiger partial charge on any atom is -0.479 e. The van der Waals surface area contributed by atoms with Gasteiger partial charge in [0.25, 0.3) is 5.91 Å². The standard InChI is InChI=1S/C13H17N3O3/c1-8-13(18)16(12(17)5-6-14)10-7-9(15-2)3-4-11(10)19-8/h3-4,7-8,15H,5-6,14H2,1-2H3. The Kier molecular flexibility index (Phi) is 3.71. The normalized spacial score (nSPS) is 17.7. The molecule has 102 valence electrons. The molecule has 6 heteroatoms. The maximum absolute atomic E-state index is 12.1. The molecule has 0 fully saturated rings. The lowest BCUT2D eigenvalue weighted by Gasteiger charge is -2.31. The fraction of sp³-hybridized carbons (Fsp3) is 0.385. The summed E-state index contributed by atoms with van der Waals surface area (Å²) in [6.07, 6.45) is -0.545. The first-order chi connectivity index (χ1) is 9.08. The number of hydrogen-bond donors (Lipinski definition) is 2. The van der Waals surface area contributed by atoms with Crippen molar-refractivity contribution >= 4 is 23.2 Å². The minimum absolute atomic E-state index is 0.127. The molecule has 1 unspecified atom stereocenters. The Morgan fingerprint density at radius 3 is 2.89 bits per heavy atom. The molecule has 0 saturated heterocycles.